The van der Waals surface area contributed by atoms with E-state index in [1.54, 1.807) is 6.92 Å². The lowest BCUT2D eigenvalue weighted by molar-refractivity contribution is 0.139. The largest absolute Gasteiger partial charge is 0.450 e. The molecule has 0 bridgehead atoms. The van der Waals surface area contributed by atoms with Crippen LogP contribution in [0.25, 0.3) is 0 Å². The lowest BCUT2D eigenvalue weighted by atomic mass is 10.7. The molecule has 70 valence electrons. The summed E-state index contributed by atoms with van der Waals surface area (Å²) in [5, 5.41) is 2.35. The monoisotopic (exact) mass is 176 g/mol. The number of hydrogen-bond donors (Lipinski definition) is 2. The van der Waals surface area contributed by atoms with Gasteiger partial charge in [0.05, 0.1) is 13.2 Å². The molecule has 6 nitrogen and oxygen atoms in total. The van der Waals surface area contributed by atoms with Crippen LogP contribution in [0.15, 0.2) is 0 Å². The summed E-state index contributed by atoms with van der Waals surface area (Å²) in [4.78, 5) is 20.6. The summed E-state index contributed by atoms with van der Waals surface area (Å²) in [6, 6.07) is 0. The molecule has 0 saturated carbocycles. The summed E-state index contributed by atoms with van der Waals surface area (Å²) in [5.41, 5.74) is 4.66. The maximum atomic E-state index is 10.6. The van der Waals surface area contributed by atoms with Gasteiger partial charge in [-0.25, -0.2) is 9.59 Å². The van der Waals surface area contributed by atoms with Crippen molar-refractivity contribution >= 4 is 12.2 Å². The maximum absolute atomic E-state index is 10.6. The minimum atomic E-state index is -0.861. The molecule has 0 atom stereocenters. The predicted molar refractivity (Wildman–Crippen MR) is 40.6 cm³/mol. The molecule has 0 fully saturated rings. The lowest BCUT2D eigenvalue weighted by Crippen LogP contribution is -2.29. The van der Waals surface area contributed by atoms with Gasteiger partial charge < -0.3 is 20.5 Å². The van der Waals surface area contributed by atoms with Gasteiger partial charge in [0.15, 0.2) is 0 Å². The number of hydrogen-bond acceptors (Lipinski definition) is 4. The van der Waals surface area contributed by atoms with Crippen molar-refractivity contribution in [3.63, 3.8) is 0 Å². The number of rotatable bonds is 4. The third-order valence-corrected chi connectivity index (χ3v) is 0.891. The number of ether oxygens (including phenoxy) is 2. The lowest BCUT2D eigenvalue weighted by Gasteiger charge is -2.04. The maximum Gasteiger partial charge on any atom is 0.407 e. The Morgan fingerprint density at radius 2 is 2.08 bits per heavy atom. The van der Waals surface area contributed by atoms with Crippen LogP contribution >= 0.6 is 0 Å². The molecule has 0 aliphatic rings. The highest BCUT2D eigenvalue weighted by atomic mass is 16.6. The highest BCUT2D eigenvalue weighted by molar-refractivity contribution is 5.67. The van der Waals surface area contributed by atoms with Crippen LogP contribution in [0.4, 0.5) is 9.59 Å². The fourth-order valence-electron chi connectivity index (χ4n) is 0.487. The van der Waals surface area contributed by atoms with E-state index in [0.717, 1.165) is 0 Å². The van der Waals surface area contributed by atoms with Gasteiger partial charge in [-0.05, 0) is 6.92 Å². The zero-order valence-electron chi connectivity index (χ0n) is 6.83. The van der Waals surface area contributed by atoms with Crippen LogP contribution in [0.2, 0.25) is 0 Å². The first-order valence-corrected chi connectivity index (χ1v) is 3.49. The molecule has 0 aliphatic carbocycles. The van der Waals surface area contributed by atoms with Crippen LogP contribution < -0.4 is 11.1 Å². The number of carbonyl (C=O) groups is 2. The van der Waals surface area contributed by atoms with Gasteiger partial charge in [-0.3, -0.25) is 0 Å². The molecule has 6 heteroatoms. The van der Waals surface area contributed by atoms with Crippen LogP contribution in [0.5, 0.6) is 0 Å². The predicted octanol–water partition coefficient (Wildman–Crippen LogP) is -0.172. The van der Waals surface area contributed by atoms with Crippen molar-refractivity contribution in [2.24, 2.45) is 5.73 Å². The third-order valence-electron chi connectivity index (χ3n) is 0.891. The molecule has 3 N–H and O–H groups in total. The fraction of sp³-hybridized carbons (Fsp3) is 0.667. The second-order valence-corrected chi connectivity index (χ2v) is 1.81. The highest BCUT2D eigenvalue weighted by Gasteiger charge is 1.98. The zero-order chi connectivity index (χ0) is 9.40. The van der Waals surface area contributed by atoms with E-state index in [2.05, 4.69) is 20.5 Å². The molecule has 0 radical (unpaired) electrons. The Bertz CT molecular complexity index is 160. The molecule has 0 aromatic heterocycles. The van der Waals surface area contributed by atoms with Gasteiger partial charge >= 0.3 is 12.2 Å². The van der Waals surface area contributed by atoms with Crippen molar-refractivity contribution in [2.75, 3.05) is 19.8 Å². The van der Waals surface area contributed by atoms with Crippen molar-refractivity contribution in [3.05, 3.63) is 0 Å². The van der Waals surface area contributed by atoms with E-state index in [-0.39, 0.29) is 13.2 Å². The molecule has 0 heterocycles. The third kappa shape index (κ3) is 6.66. The summed E-state index contributed by atoms with van der Waals surface area (Å²) in [5.74, 6) is 0. The Balaban J connectivity index is 3.19. The van der Waals surface area contributed by atoms with Crippen molar-refractivity contribution in [1.82, 2.24) is 5.32 Å². The van der Waals surface area contributed by atoms with Gasteiger partial charge in [0.25, 0.3) is 0 Å². The van der Waals surface area contributed by atoms with Gasteiger partial charge in [-0.2, -0.15) is 0 Å². The molecule has 0 aromatic carbocycles. The minimum Gasteiger partial charge on any atom is -0.450 e. The number of alkyl carbamates (subject to hydrolysis) is 1. The molecule has 0 unspecified atom stereocenters. The molecule has 0 spiro atoms. The molecule has 2 amide bonds. The van der Waals surface area contributed by atoms with Crippen molar-refractivity contribution in [3.8, 4) is 0 Å². The molecule has 0 aromatic rings. The highest BCUT2D eigenvalue weighted by Crippen LogP contribution is 1.76. The van der Waals surface area contributed by atoms with E-state index in [0.29, 0.717) is 6.61 Å². The van der Waals surface area contributed by atoms with Gasteiger partial charge in [-0.1, -0.05) is 0 Å². The summed E-state index contributed by atoms with van der Waals surface area (Å²) in [6.45, 7) is 2.25. The summed E-state index contributed by atoms with van der Waals surface area (Å²) >= 11 is 0. The Hall–Kier alpha value is -1.46. The molecule has 0 rings (SSSR count). The number of primary amides is 1. The minimum absolute atomic E-state index is 0.0497. The van der Waals surface area contributed by atoms with Crippen molar-refractivity contribution in [2.45, 2.75) is 6.92 Å². The SMILES string of the molecule is CCOC(=O)NCCOC(N)=O. The first-order chi connectivity index (χ1) is 5.66. The standard InChI is InChI=1S/C6H12N2O4/c1-2-11-6(10)8-3-4-12-5(7)9/h2-4H2,1H3,(H2,7,9)(H,8,10). The topological polar surface area (TPSA) is 90.7 Å². The van der Waals surface area contributed by atoms with E-state index < -0.39 is 12.2 Å². The molecule has 12 heavy (non-hydrogen) atoms. The summed E-state index contributed by atoms with van der Waals surface area (Å²) in [7, 11) is 0. The van der Waals surface area contributed by atoms with E-state index in [1.807, 2.05) is 0 Å². The summed E-state index contributed by atoms with van der Waals surface area (Å²) in [6.07, 6.45) is -1.40. The zero-order valence-corrected chi connectivity index (χ0v) is 6.83. The number of amides is 2. The second-order valence-electron chi connectivity index (χ2n) is 1.81. The number of nitrogens with one attached hydrogen (secondary N) is 1. The quantitative estimate of drug-likeness (QED) is 0.581. The normalized spacial score (nSPS) is 8.75. The van der Waals surface area contributed by atoms with E-state index in [4.69, 9.17) is 0 Å². The van der Waals surface area contributed by atoms with Crippen LogP contribution in [-0.4, -0.2) is 31.9 Å². The van der Waals surface area contributed by atoms with Gasteiger partial charge in [0, 0.05) is 0 Å². The number of nitrogens with two attached hydrogens (primary N) is 1. The Labute approximate surface area is 70.0 Å². The molecule has 0 aliphatic heterocycles. The second kappa shape index (κ2) is 6.26. The average molecular weight is 176 g/mol. The van der Waals surface area contributed by atoms with Crippen LogP contribution in [-0.2, 0) is 9.47 Å². The van der Waals surface area contributed by atoms with Crippen LogP contribution in [0.3, 0.4) is 0 Å². The van der Waals surface area contributed by atoms with Crippen molar-refractivity contribution in [1.29, 1.82) is 0 Å². The van der Waals surface area contributed by atoms with Crippen LogP contribution in [0.1, 0.15) is 6.92 Å². The molecular weight excluding hydrogens is 164 g/mol. The van der Waals surface area contributed by atoms with Crippen LogP contribution in [0, 0.1) is 0 Å². The Morgan fingerprint density at radius 3 is 2.58 bits per heavy atom. The molecular formula is C6H12N2O4. The van der Waals surface area contributed by atoms with Crippen molar-refractivity contribution < 1.29 is 19.1 Å². The smallest absolute Gasteiger partial charge is 0.407 e. The first kappa shape index (κ1) is 10.5. The fourth-order valence-corrected chi connectivity index (χ4v) is 0.487. The first-order valence-electron chi connectivity index (χ1n) is 3.49. The Kier molecular flexibility index (Phi) is 5.50. The van der Waals surface area contributed by atoms with Gasteiger partial charge in [-0.15, -0.1) is 0 Å². The summed E-state index contributed by atoms with van der Waals surface area (Å²) < 4.78 is 8.87. The average Bonchev–Trinajstić information content (AvgIpc) is 1.98. The Morgan fingerprint density at radius 1 is 1.42 bits per heavy atom. The number of carbonyl (C=O) groups excluding carboxylic acids is 2. The van der Waals surface area contributed by atoms with E-state index in [1.165, 1.54) is 0 Å². The van der Waals surface area contributed by atoms with Gasteiger partial charge in [0.1, 0.15) is 6.61 Å². The van der Waals surface area contributed by atoms with E-state index in [9.17, 15) is 9.59 Å². The van der Waals surface area contributed by atoms with Gasteiger partial charge in [0.2, 0.25) is 0 Å². The van der Waals surface area contributed by atoms with E-state index >= 15 is 0 Å². The molecule has 0 saturated heterocycles.